The van der Waals surface area contributed by atoms with Crippen LogP contribution in [-0.2, 0) is 28.6 Å². The molecule has 1 unspecified atom stereocenters. The Morgan fingerprint density at radius 3 is 0.861 bits per heavy atom. The zero-order valence-electron chi connectivity index (χ0n) is 46.4. The summed E-state index contributed by atoms with van der Waals surface area (Å²) in [5.74, 6) is -0.953. The number of allylic oxidation sites excluding steroid dienone is 22. The van der Waals surface area contributed by atoms with Gasteiger partial charge in [0.2, 0.25) is 0 Å². The van der Waals surface area contributed by atoms with Crippen molar-refractivity contribution in [2.75, 3.05) is 13.2 Å². The zero-order valence-corrected chi connectivity index (χ0v) is 46.4. The van der Waals surface area contributed by atoms with E-state index in [0.29, 0.717) is 19.3 Å². The van der Waals surface area contributed by atoms with Gasteiger partial charge in [0.1, 0.15) is 13.2 Å². The van der Waals surface area contributed by atoms with E-state index in [4.69, 9.17) is 14.2 Å². The summed E-state index contributed by atoms with van der Waals surface area (Å²) in [5, 5.41) is 0. The van der Waals surface area contributed by atoms with Crippen LogP contribution >= 0.6 is 0 Å². The van der Waals surface area contributed by atoms with Crippen LogP contribution in [0.25, 0.3) is 0 Å². The molecule has 6 heteroatoms. The quantitative estimate of drug-likeness (QED) is 0.0261. The Kier molecular flexibility index (Phi) is 55.5. The molecule has 0 aromatic heterocycles. The van der Waals surface area contributed by atoms with Gasteiger partial charge >= 0.3 is 17.9 Å². The third-order valence-corrected chi connectivity index (χ3v) is 11.9. The van der Waals surface area contributed by atoms with E-state index in [0.717, 1.165) is 161 Å². The van der Waals surface area contributed by atoms with Gasteiger partial charge in [-0.2, -0.15) is 0 Å². The summed E-state index contributed by atoms with van der Waals surface area (Å²) in [4.78, 5) is 38.2. The molecular weight excluding hydrogens is 889 g/mol. The zero-order chi connectivity index (χ0) is 52.2. The second kappa shape index (κ2) is 59.1. The summed E-state index contributed by atoms with van der Waals surface area (Å²) in [7, 11) is 0. The van der Waals surface area contributed by atoms with Crippen LogP contribution in [0.1, 0.15) is 245 Å². The van der Waals surface area contributed by atoms with Crippen LogP contribution in [-0.4, -0.2) is 37.2 Å². The van der Waals surface area contributed by atoms with Crippen LogP contribution in [0.2, 0.25) is 0 Å². The van der Waals surface area contributed by atoms with Crippen molar-refractivity contribution in [3.8, 4) is 0 Å². The SMILES string of the molecule is CC/C=C\C/C=C\C/C=C\C/C=C\C/C=C\C/C=C\CCCCCCC(=O)OCC(COC(=O)CCCCCCC/C=C\CCCCC)OC(=O)CCCCCCCC/C=C\C/C=C\C/C=C\C/C=C\CC. The Morgan fingerprint density at radius 2 is 0.542 bits per heavy atom. The molecule has 0 saturated heterocycles. The lowest BCUT2D eigenvalue weighted by atomic mass is 10.1. The monoisotopic (exact) mass is 995 g/mol. The maximum atomic E-state index is 12.9. The first-order valence-electron chi connectivity index (χ1n) is 29.2. The van der Waals surface area contributed by atoms with Gasteiger partial charge in [-0.1, -0.05) is 225 Å². The van der Waals surface area contributed by atoms with Crippen molar-refractivity contribution < 1.29 is 28.6 Å². The number of unbranched alkanes of at least 4 members (excludes halogenated alkanes) is 18. The molecule has 0 rings (SSSR count). The fourth-order valence-electron chi connectivity index (χ4n) is 7.55. The normalized spacial score (nSPS) is 13.1. The molecule has 0 N–H and O–H groups in total. The van der Waals surface area contributed by atoms with Crippen LogP contribution in [0.5, 0.6) is 0 Å². The van der Waals surface area contributed by atoms with Gasteiger partial charge in [0.15, 0.2) is 6.10 Å². The number of carbonyl (C=O) groups is 3. The fraction of sp³-hybridized carbons (Fsp3) is 0.621. The Labute approximate surface area is 443 Å². The number of carbonyl (C=O) groups excluding carboxylic acids is 3. The van der Waals surface area contributed by atoms with Crippen molar-refractivity contribution in [2.45, 2.75) is 252 Å². The molecule has 0 aromatic carbocycles. The first-order valence-corrected chi connectivity index (χ1v) is 29.2. The third kappa shape index (κ3) is 56.5. The van der Waals surface area contributed by atoms with E-state index in [9.17, 15) is 14.4 Å². The van der Waals surface area contributed by atoms with Crippen molar-refractivity contribution >= 4 is 17.9 Å². The van der Waals surface area contributed by atoms with Crippen LogP contribution in [0.3, 0.4) is 0 Å². The van der Waals surface area contributed by atoms with Gasteiger partial charge in [-0.15, -0.1) is 0 Å². The lowest BCUT2D eigenvalue weighted by Crippen LogP contribution is -2.30. The summed E-state index contributed by atoms with van der Waals surface area (Å²) >= 11 is 0. The van der Waals surface area contributed by atoms with Gasteiger partial charge in [-0.25, -0.2) is 0 Å². The molecule has 0 aliphatic heterocycles. The standard InChI is InChI=1S/C66H106O6/c1-4-7-10-13-16-19-22-25-27-29-31-32-33-34-36-37-39-41-44-47-50-53-56-59-65(68)71-62-63(61-70-64(67)58-55-52-49-46-43-24-21-18-15-12-9-6-3)72-66(69)60-57-54-51-48-45-42-40-38-35-30-28-26-23-20-17-14-11-8-5-2/h7-8,10-11,16-21,25-28,31-32,34-36,38-39,41,63H,4-6,9,12-15,22-24,29-30,33,37,40,42-62H2,1-3H3/b10-7-,11-8-,19-16-,20-17-,21-18-,27-25-,28-26-,32-31-,36-34-,38-35-,41-39-. The Balaban J connectivity index is 4.46. The van der Waals surface area contributed by atoms with Crippen molar-refractivity contribution in [1.82, 2.24) is 0 Å². The lowest BCUT2D eigenvalue weighted by Gasteiger charge is -2.18. The second-order valence-corrected chi connectivity index (χ2v) is 18.8. The topological polar surface area (TPSA) is 78.9 Å². The summed E-state index contributed by atoms with van der Waals surface area (Å²) in [6, 6.07) is 0. The number of ether oxygens (including phenoxy) is 3. The summed E-state index contributed by atoms with van der Waals surface area (Å²) in [6.07, 6.45) is 82.9. The molecule has 0 spiro atoms. The van der Waals surface area contributed by atoms with E-state index in [-0.39, 0.29) is 31.1 Å². The summed E-state index contributed by atoms with van der Waals surface area (Å²) < 4.78 is 16.8. The van der Waals surface area contributed by atoms with Gasteiger partial charge in [-0.05, 0) is 135 Å². The van der Waals surface area contributed by atoms with E-state index in [1.165, 1.54) is 44.9 Å². The molecule has 0 bridgehead atoms. The number of hydrogen-bond acceptors (Lipinski definition) is 6. The van der Waals surface area contributed by atoms with Gasteiger partial charge in [0.25, 0.3) is 0 Å². The minimum absolute atomic E-state index is 0.101. The third-order valence-electron chi connectivity index (χ3n) is 11.9. The molecule has 72 heavy (non-hydrogen) atoms. The minimum Gasteiger partial charge on any atom is -0.462 e. The molecule has 0 radical (unpaired) electrons. The Morgan fingerprint density at radius 1 is 0.292 bits per heavy atom. The Hall–Kier alpha value is -4.45. The molecule has 0 aliphatic carbocycles. The van der Waals surface area contributed by atoms with E-state index in [2.05, 4.69) is 154 Å². The van der Waals surface area contributed by atoms with Gasteiger partial charge < -0.3 is 14.2 Å². The second-order valence-electron chi connectivity index (χ2n) is 18.8. The fourth-order valence-corrected chi connectivity index (χ4v) is 7.55. The minimum atomic E-state index is -0.805. The maximum absolute atomic E-state index is 12.9. The lowest BCUT2D eigenvalue weighted by molar-refractivity contribution is -0.167. The molecule has 0 heterocycles. The maximum Gasteiger partial charge on any atom is 0.306 e. The van der Waals surface area contributed by atoms with Crippen molar-refractivity contribution in [3.63, 3.8) is 0 Å². The highest BCUT2D eigenvalue weighted by atomic mass is 16.6. The molecule has 0 saturated carbocycles. The number of esters is 3. The summed E-state index contributed by atoms with van der Waals surface area (Å²) in [6.45, 7) is 6.34. The van der Waals surface area contributed by atoms with Gasteiger partial charge in [0.05, 0.1) is 0 Å². The van der Waals surface area contributed by atoms with Gasteiger partial charge in [0, 0.05) is 19.3 Å². The number of rotatable bonds is 51. The Bertz CT molecular complexity index is 1560. The largest absolute Gasteiger partial charge is 0.462 e. The molecule has 406 valence electrons. The highest BCUT2D eigenvalue weighted by Gasteiger charge is 2.19. The first-order chi connectivity index (χ1) is 35.5. The average molecular weight is 996 g/mol. The van der Waals surface area contributed by atoms with Crippen molar-refractivity contribution in [1.29, 1.82) is 0 Å². The molecule has 0 amide bonds. The average Bonchev–Trinajstić information content (AvgIpc) is 3.38. The first kappa shape index (κ1) is 67.5. The van der Waals surface area contributed by atoms with E-state index in [1.807, 2.05) is 0 Å². The highest BCUT2D eigenvalue weighted by molar-refractivity contribution is 5.71. The summed E-state index contributed by atoms with van der Waals surface area (Å²) in [5.41, 5.74) is 0. The predicted octanol–water partition coefficient (Wildman–Crippen LogP) is 19.8. The van der Waals surface area contributed by atoms with E-state index in [1.54, 1.807) is 0 Å². The predicted molar refractivity (Wildman–Crippen MR) is 311 cm³/mol. The molecule has 1 atom stereocenters. The van der Waals surface area contributed by atoms with Gasteiger partial charge in [-0.3, -0.25) is 14.4 Å². The van der Waals surface area contributed by atoms with E-state index >= 15 is 0 Å². The molecule has 0 fully saturated rings. The molecular formula is C66H106O6. The highest BCUT2D eigenvalue weighted by Crippen LogP contribution is 2.13. The molecule has 6 nitrogen and oxygen atoms in total. The van der Waals surface area contributed by atoms with E-state index < -0.39 is 6.10 Å². The molecule has 0 aliphatic rings. The van der Waals surface area contributed by atoms with Crippen LogP contribution in [0.4, 0.5) is 0 Å². The van der Waals surface area contributed by atoms with Crippen LogP contribution < -0.4 is 0 Å². The number of hydrogen-bond donors (Lipinski definition) is 0. The van der Waals surface area contributed by atoms with Crippen molar-refractivity contribution in [3.05, 3.63) is 134 Å². The smallest absolute Gasteiger partial charge is 0.306 e. The molecule has 0 aromatic rings. The van der Waals surface area contributed by atoms with Crippen LogP contribution in [0, 0.1) is 0 Å². The van der Waals surface area contributed by atoms with Crippen LogP contribution in [0.15, 0.2) is 134 Å². The van der Waals surface area contributed by atoms with Crippen molar-refractivity contribution in [2.24, 2.45) is 0 Å².